The second kappa shape index (κ2) is 4.30. The average Bonchev–Trinajstić information content (AvgIpc) is 2.85. The number of carbonyl (C=O) groups excluding carboxylic acids is 1. The lowest BCUT2D eigenvalue weighted by atomic mass is 10.1. The van der Waals surface area contributed by atoms with E-state index >= 15 is 0 Å². The molecule has 1 saturated heterocycles. The summed E-state index contributed by atoms with van der Waals surface area (Å²) >= 11 is 0. The van der Waals surface area contributed by atoms with E-state index in [2.05, 4.69) is 17.6 Å². The highest BCUT2D eigenvalue weighted by molar-refractivity contribution is 5.78. The Balaban J connectivity index is 1.58. The van der Waals surface area contributed by atoms with Crippen molar-refractivity contribution in [1.29, 1.82) is 0 Å². The van der Waals surface area contributed by atoms with Crippen LogP contribution in [-0.2, 0) is 4.79 Å². The van der Waals surface area contributed by atoms with E-state index in [-0.39, 0.29) is 5.91 Å². The fourth-order valence-electron chi connectivity index (χ4n) is 2.11. The maximum Gasteiger partial charge on any atom is 0.220 e. The van der Waals surface area contributed by atoms with E-state index in [1.54, 1.807) is 0 Å². The van der Waals surface area contributed by atoms with Gasteiger partial charge in [0.25, 0.3) is 0 Å². The molecule has 2 rings (SSSR count). The van der Waals surface area contributed by atoms with Gasteiger partial charge in [0.2, 0.25) is 5.91 Å². The predicted octanol–water partition coefficient (Wildman–Crippen LogP) is 1.04. The van der Waals surface area contributed by atoms with E-state index in [0.29, 0.717) is 18.5 Å². The molecule has 0 aromatic rings. The van der Waals surface area contributed by atoms with Crippen LogP contribution in [0.5, 0.6) is 0 Å². The van der Waals surface area contributed by atoms with Crippen LogP contribution in [0, 0.1) is 5.92 Å². The Morgan fingerprint density at radius 3 is 2.86 bits per heavy atom. The molecule has 1 heterocycles. The van der Waals surface area contributed by atoms with Gasteiger partial charge >= 0.3 is 0 Å². The summed E-state index contributed by atoms with van der Waals surface area (Å²) in [6.45, 7) is 3.19. The third-order valence-electron chi connectivity index (χ3n) is 3.18. The molecular formula is C11H20N2O. The topological polar surface area (TPSA) is 41.1 Å². The van der Waals surface area contributed by atoms with Gasteiger partial charge in [-0.15, -0.1) is 0 Å². The minimum Gasteiger partial charge on any atom is -0.352 e. The van der Waals surface area contributed by atoms with Crippen molar-refractivity contribution in [3.8, 4) is 0 Å². The molecule has 2 aliphatic rings. The van der Waals surface area contributed by atoms with Gasteiger partial charge in [0.1, 0.15) is 0 Å². The molecule has 80 valence electrons. The Bertz CT molecular complexity index is 213. The standard InChI is InChI=1S/C11H20N2O/c1-8(6-9-2-3-9)12-7-10-4-5-11(14)13-10/h8-10,12H,2-7H2,1H3,(H,13,14). The van der Waals surface area contributed by atoms with Gasteiger partial charge in [-0.05, 0) is 25.7 Å². The summed E-state index contributed by atoms with van der Waals surface area (Å²) < 4.78 is 0. The van der Waals surface area contributed by atoms with Crippen molar-refractivity contribution >= 4 is 5.91 Å². The molecule has 0 radical (unpaired) electrons. The third kappa shape index (κ3) is 2.98. The van der Waals surface area contributed by atoms with Crippen LogP contribution in [0.25, 0.3) is 0 Å². The van der Waals surface area contributed by atoms with E-state index in [0.717, 1.165) is 18.9 Å². The number of amides is 1. The molecule has 0 aromatic carbocycles. The summed E-state index contributed by atoms with van der Waals surface area (Å²) in [4.78, 5) is 10.9. The smallest absolute Gasteiger partial charge is 0.220 e. The summed E-state index contributed by atoms with van der Waals surface area (Å²) in [7, 11) is 0. The lowest BCUT2D eigenvalue weighted by Gasteiger charge is -2.16. The van der Waals surface area contributed by atoms with E-state index in [1.165, 1.54) is 19.3 Å². The molecule has 2 fully saturated rings. The number of hydrogen-bond acceptors (Lipinski definition) is 2. The molecule has 2 atom stereocenters. The molecule has 0 spiro atoms. The minimum absolute atomic E-state index is 0.214. The zero-order chi connectivity index (χ0) is 9.97. The fourth-order valence-corrected chi connectivity index (χ4v) is 2.11. The number of nitrogens with one attached hydrogen (secondary N) is 2. The summed E-state index contributed by atoms with van der Waals surface area (Å²) in [5, 5.41) is 6.48. The second-order valence-corrected chi connectivity index (χ2v) is 4.79. The SMILES string of the molecule is CC(CC1CC1)NCC1CCC(=O)N1. The Morgan fingerprint density at radius 1 is 1.50 bits per heavy atom. The van der Waals surface area contributed by atoms with Gasteiger partial charge in [-0.1, -0.05) is 12.8 Å². The first-order chi connectivity index (χ1) is 6.74. The third-order valence-corrected chi connectivity index (χ3v) is 3.18. The van der Waals surface area contributed by atoms with Crippen molar-refractivity contribution < 1.29 is 4.79 Å². The molecule has 1 aliphatic heterocycles. The number of rotatable bonds is 5. The van der Waals surface area contributed by atoms with Gasteiger partial charge in [0.05, 0.1) is 0 Å². The van der Waals surface area contributed by atoms with Gasteiger partial charge in [0.15, 0.2) is 0 Å². The molecule has 3 heteroatoms. The van der Waals surface area contributed by atoms with Gasteiger partial charge < -0.3 is 10.6 Å². The largest absolute Gasteiger partial charge is 0.352 e. The first-order valence-electron chi connectivity index (χ1n) is 5.77. The average molecular weight is 196 g/mol. The second-order valence-electron chi connectivity index (χ2n) is 4.79. The van der Waals surface area contributed by atoms with Crippen molar-refractivity contribution in [2.75, 3.05) is 6.54 Å². The Hall–Kier alpha value is -0.570. The molecule has 2 N–H and O–H groups in total. The van der Waals surface area contributed by atoms with Crippen LogP contribution in [-0.4, -0.2) is 24.5 Å². The quantitative estimate of drug-likeness (QED) is 0.690. The van der Waals surface area contributed by atoms with Crippen molar-refractivity contribution in [2.45, 2.75) is 51.1 Å². The van der Waals surface area contributed by atoms with E-state index in [4.69, 9.17) is 0 Å². The lowest BCUT2D eigenvalue weighted by Crippen LogP contribution is -2.39. The lowest BCUT2D eigenvalue weighted by molar-refractivity contribution is -0.119. The normalized spacial score (nSPS) is 28.9. The molecule has 3 nitrogen and oxygen atoms in total. The highest BCUT2D eigenvalue weighted by Gasteiger charge is 2.25. The maximum absolute atomic E-state index is 10.9. The minimum atomic E-state index is 0.214. The molecule has 1 amide bonds. The molecular weight excluding hydrogens is 176 g/mol. The molecule has 0 bridgehead atoms. The van der Waals surface area contributed by atoms with Crippen LogP contribution in [0.2, 0.25) is 0 Å². The zero-order valence-corrected chi connectivity index (χ0v) is 8.88. The molecule has 14 heavy (non-hydrogen) atoms. The zero-order valence-electron chi connectivity index (χ0n) is 8.88. The van der Waals surface area contributed by atoms with E-state index in [9.17, 15) is 4.79 Å². The van der Waals surface area contributed by atoms with Gasteiger partial charge in [-0.2, -0.15) is 0 Å². The van der Waals surface area contributed by atoms with E-state index in [1.807, 2.05) is 0 Å². The maximum atomic E-state index is 10.9. The fraction of sp³-hybridized carbons (Fsp3) is 0.909. The van der Waals surface area contributed by atoms with Crippen LogP contribution < -0.4 is 10.6 Å². The van der Waals surface area contributed by atoms with Gasteiger partial charge in [-0.3, -0.25) is 4.79 Å². The molecule has 1 saturated carbocycles. The number of carbonyl (C=O) groups is 1. The van der Waals surface area contributed by atoms with Gasteiger partial charge in [0, 0.05) is 25.0 Å². The predicted molar refractivity (Wildman–Crippen MR) is 56.0 cm³/mol. The van der Waals surface area contributed by atoms with Crippen LogP contribution in [0.15, 0.2) is 0 Å². The Labute approximate surface area is 85.6 Å². The highest BCUT2D eigenvalue weighted by Crippen LogP contribution is 2.33. The highest BCUT2D eigenvalue weighted by atomic mass is 16.1. The molecule has 1 aliphatic carbocycles. The summed E-state index contributed by atoms with van der Waals surface area (Å²) in [6.07, 6.45) is 5.87. The summed E-state index contributed by atoms with van der Waals surface area (Å²) in [5.41, 5.74) is 0. The van der Waals surface area contributed by atoms with Crippen LogP contribution in [0.4, 0.5) is 0 Å². The van der Waals surface area contributed by atoms with Gasteiger partial charge in [-0.25, -0.2) is 0 Å². The Kier molecular flexibility index (Phi) is 3.06. The number of hydrogen-bond donors (Lipinski definition) is 2. The van der Waals surface area contributed by atoms with Crippen LogP contribution in [0.1, 0.15) is 39.0 Å². The van der Waals surface area contributed by atoms with Crippen LogP contribution in [0.3, 0.4) is 0 Å². The summed E-state index contributed by atoms with van der Waals surface area (Å²) in [6, 6.07) is 0.990. The molecule has 0 aromatic heterocycles. The van der Waals surface area contributed by atoms with Crippen molar-refractivity contribution in [2.24, 2.45) is 5.92 Å². The van der Waals surface area contributed by atoms with E-state index < -0.39 is 0 Å². The summed E-state index contributed by atoms with van der Waals surface area (Å²) in [5.74, 6) is 1.20. The first kappa shape index (κ1) is 9.97. The van der Waals surface area contributed by atoms with Crippen molar-refractivity contribution in [3.63, 3.8) is 0 Å². The van der Waals surface area contributed by atoms with Crippen molar-refractivity contribution in [1.82, 2.24) is 10.6 Å². The Morgan fingerprint density at radius 2 is 2.29 bits per heavy atom. The first-order valence-corrected chi connectivity index (χ1v) is 5.77. The van der Waals surface area contributed by atoms with Crippen molar-refractivity contribution in [3.05, 3.63) is 0 Å². The van der Waals surface area contributed by atoms with Crippen LogP contribution >= 0.6 is 0 Å². The molecule has 2 unspecified atom stereocenters. The monoisotopic (exact) mass is 196 g/mol.